The third-order valence-electron chi connectivity index (χ3n) is 5.19. The first-order valence-corrected chi connectivity index (χ1v) is 11.8. The molecule has 10 nitrogen and oxygen atoms in total. The Hall–Kier alpha value is -3.86. The van der Waals surface area contributed by atoms with E-state index in [9.17, 15) is 14.4 Å². The van der Waals surface area contributed by atoms with E-state index in [0.29, 0.717) is 16.6 Å². The summed E-state index contributed by atoms with van der Waals surface area (Å²) in [6.07, 6.45) is 0. The van der Waals surface area contributed by atoms with E-state index in [0.717, 1.165) is 10.2 Å². The predicted molar refractivity (Wildman–Crippen MR) is 135 cm³/mol. The maximum Gasteiger partial charge on any atom is 0.261 e. The van der Waals surface area contributed by atoms with Crippen molar-refractivity contribution in [2.24, 2.45) is 5.92 Å². The average Bonchev–Trinajstić information content (AvgIpc) is 3.26. The number of aromatic nitrogens is 1. The van der Waals surface area contributed by atoms with Gasteiger partial charge >= 0.3 is 0 Å². The summed E-state index contributed by atoms with van der Waals surface area (Å²) in [5.74, 6) is -0.841. The molecule has 4 N–H and O–H groups in total. The first-order chi connectivity index (χ1) is 16.7. The SMILES string of the molecule is COc1cc(OC)cc(C(=O)N[C@@H](C(=O)NNC(=O)C(C)Nc2nc3ccccc3s2)C(C)C)c1. The fraction of sp³-hybridized carbons (Fsp3) is 0.333. The highest BCUT2D eigenvalue weighted by molar-refractivity contribution is 7.22. The first-order valence-electron chi connectivity index (χ1n) is 11.0. The molecule has 0 bridgehead atoms. The van der Waals surface area contributed by atoms with E-state index < -0.39 is 29.8 Å². The van der Waals surface area contributed by atoms with Gasteiger partial charge in [-0.25, -0.2) is 4.98 Å². The minimum Gasteiger partial charge on any atom is -0.497 e. The Morgan fingerprint density at radius 2 is 1.54 bits per heavy atom. The zero-order chi connectivity index (χ0) is 25.5. The van der Waals surface area contributed by atoms with Crippen molar-refractivity contribution in [3.63, 3.8) is 0 Å². The second-order valence-electron chi connectivity index (χ2n) is 8.13. The molecule has 1 unspecified atom stereocenters. The second kappa shape index (κ2) is 11.5. The smallest absolute Gasteiger partial charge is 0.261 e. The number of rotatable bonds is 9. The van der Waals surface area contributed by atoms with Crippen LogP contribution in [-0.4, -0.2) is 49.0 Å². The summed E-state index contributed by atoms with van der Waals surface area (Å²) in [5.41, 5.74) is 5.92. The molecule has 0 saturated heterocycles. The minimum atomic E-state index is -0.896. The van der Waals surface area contributed by atoms with E-state index >= 15 is 0 Å². The Kier molecular flexibility index (Phi) is 8.48. The number of fused-ring (bicyclic) bond motifs is 1. The molecule has 2 aromatic carbocycles. The van der Waals surface area contributed by atoms with Crippen molar-refractivity contribution in [2.75, 3.05) is 19.5 Å². The van der Waals surface area contributed by atoms with E-state index in [1.54, 1.807) is 39.0 Å². The molecule has 0 spiro atoms. The molecular formula is C24H29N5O5S. The van der Waals surface area contributed by atoms with Crippen LogP contribution in [0.25, 0.3) is 10.2 Å². The van der Waals surface area contributed by atoms with Gasteiger partial charge in [-0.1, -0.05) is 37.3 Å². The van der Waals surface area contributed by atoms with E-state index in [1.165, 1.54) is 25.6 Å². The molecule has 0 aliphatic heterocycles. The lowest BCUT2D eigenvalue weighted by Gasteiger charge is -2.22. The highest BCUT2D eigenvalue weighted by atomic mass is 32.1. The van der Waals surface area contributed by atoms with Crippen LogP contribution in [0.15, 0.2) is 42.5 Å². The highest BCUT2D eigenvalue weighted by Gasteiger charge is 2.26. The van der Waals surface area contributed by atoms with Crippen LogP contribution in [-0.2, 0) is 9.59 Å². The number of ether oxygens (including phenoxy) is 2. The van der Waals surface area contributed by atoms with Gasteiger partial charge < -0.3 is 20.1 Å². The van der Waals surface area contributed by atoms with Crippen molar-refractivity contribution in [3.8, 4) is 11.5 Å². The summed E-state index contributed by atoms with van der Waals surface area (Å²) >= 11 is 1.43. The predicted octanol–water partition coefficient (Wildman–Crippen LogP) is 2.72. The summed E-state index contributed by atoms with van der Waals surface area (Å²) in [4.78, 5) is 42.6. The molecule has 1 aromatic heterocycles. The number of anilines is 1. The van der Waals surface area contributed by atoms with Crippen LogP contribution >= 0.6 is 11.3 Å². The summed E-state index contributed by atoms with van der Waals surface area (Å²) < 4.78 is 11.4. The number of thiazole rings is 1. The van der Waals surface area contributed by atoms with Gasteiger partial charge in [-0.2, -0.15) is 0 Å². The Bertz CT molecular complexity index is 1160. The van der Waals surface area contributed by atoms with Gasteiger partial charge in [-0.3, -0.25) is 25.2 Å². The number of carbonyl (C=O) groups excluding carboxylic acids is 3. The monoisotopic (exact) mass is 499 g/mol. The molecule has 0 saturated carbocycles. The summed E-state index contributed by atoms with van der Waals surface area (Å²) in [6.45, 7) is 5.23. The molecule has 0 aliphatic carbocycles. The van der Waals surface area contributed by atoms with Gasteiger partial charge in [-0.15, -0.1) is 0 Å². The molecule has 0 radical (unpaired) electrons. The molecule has 0 aliphatic rings. The Morgan fingerprint density at radius 1 is 0.914 bits per heavy atom. The third kappa shape index (κ3) is 6.60. The number of benzene rings is 2. The number of hydrogen-bond donors (Lipinski definition) is 4. The van der Waals surface area contributed by atoms with Crippen molar-refractivity contribution in [2.45, 2.75) is 32.9 Å². The summed E-state index contributed by atoms with van der Waals surface area (Å²) in [7, 11) is 2.96. The summed E-state index contributed by atoms with van der Waals surface area (Å²) in [6, 6.07) is 10.8. The van der Waals surface area contributed by atoms with E-state index in [2.05, 4.69) is 26.5 Å². The minimum absolute atomic E-state index is 0.248. The molecule has 11 heteroatoms. The lowest BCUT2D eigenvalue weighted by molar-refractivity contribution is -0.130. The normalized spacial score (nSPS) is 12.5. The maximum absolute atomic E-state index is 12.8. The fourth-order valence-corrected chi connectivity index (χ4v) is 4.14. The lowest BCUT2D eigenvalue weighted by atomic mass is 10.0. The number of hydrazine groups is 1. The molecular weight excluding hydrogens is 470 g/mol. The number of nitrogens with one attached hydrogen (secondary N) is 4. The second-order valence-corrected chi connectivity index (χ2v) is 9.16. The van der Waals surface area contributed by atoms with Crippen LogP contribution in [0.2, 0.25) is 0 Å². The summed E-state index contributed by atoms with van der Waals surface area (Å²) in [5, 5.41) is 6.34. The number of amides is 3. The average molecular weight is 500 g/mol. The van der Waals surface area contributed by atoms with Crippen molar-refractivity contribution in [1.29, 1.82) is 0 Å². The standard InChI is InChI=1S/C24H29N5O5S/c1-13(2)20(27-22(31)15-10-16(33-4)12-17(11-15)34-5)23(32)29-28-21(30)14(3)25-24-26-18-8-6-7-9-19(18)35-24/h6-14,20H,1-5H3,(H,25,26)(H,27,31)(H,28,30)(H,29,32)/t14?,20-/m1/s1. The number of hydrogen-bond acceptors (Lipinski definition) is 8. The largest absolute Gasteiger partial charge is 0.497 e. The van der Waals surface area contributed by atoms with Crippen LogP contribution < -0.4 is 31.0 Å². The molecule has 3 rings (SSSR count). The molecule has 3 aromatic rings. The van der Waals surface area contributed by atoms with E-state index in [4.69, 9.17) is 9.47 Å². The molecule has 35 heavy (non-hydrogen) atoms. The fourth-order valence-electron chi connectivity index (χ4n) is 3.19. The van der Waals surface area contributed by atoms with Gasteiger partial charge in [0.2, 0.25) is 0 Å². The van der Waals surface area contributed by atoms with Crippen LogP contribution in [0.1, 0.15) is 31.1 Å². The Morgan fingerprint density at radius 3 is 2.14 bits per heavy atom. The highest BCUT2D eigenvalue weighted by Crippen LogP contribution is 2.26. The van der Waals surface area contributed by atoms with Gasteiger partial charge in [0.1, 0.15) is 23.6 Å². The number of nitrogens with zero attached hydrogens (tertiary/aromatic N) is 1. The van der Waals surface area contributed by atoms with Gasteiger partial charge in [-0.05, 0) is 37.1 Å². The van der Waals surface area contributed by atoms with Crippen molar-refractivity contribution >= 4 is 44.4 Å². The lowest BCUT2D eigenvalue weighted by Crippen LogP contribution is -2.56. The Labute approximate surface area is 207 Å². The van der Waals surface area contributed by atoms with Crippen molar-refractivity contribution in [3.05, 3.63) is 48.0 Å². The third-order valence-corrected chi connectivity index (χ3v) is 6.15. The van der Waals surface area contributed by atoms with Crippen molar-refractivity contribution in [1.82, 2.24) is 21.2 Å². The van der Waals surface area contributed by atoms with Crippen molar-refractivity contribution < 1.29 is 23.9 Å². The van der Waals surface area contributed by atoms with Gasteiger partial charge in [0.25, 0.3) is 17.7 Å². The first kappa shape index (κ1) is 25.8. The zero-order valence-corrected chi connectivity index (χ0v) is 21.0. The molecule has 186 valence electrons. The number of para-hydroxylation sites is 1. The number of carbonyl (C=O) groups is 3. The van der Waals surface area contributed by atoms with Crippen LogP contribution in [0.3, 0.4) is 0 Å². The van der Waals surface area contributed by atoms with E-state index in [-0.39, 0.29) is 11.5 Å². The van der Waals surface area contributed by atoms with Crippen LogP contribution in [0.4, 0.5) is 5.13 Å². The zero-order valence-electron chi connectivity index (χ0n) is 20.2. The number of methoxy groups -OCH3 is 2. The quantitative estimate of drug-likeness (QED) is 0.333. The van der Waals surface area contributed by atoms with Crippen LogP contribution in [0, 0.1) is 5.92 Å². The topological polar surface area (TPSA) is 131 Å². The molecule has 1 heterocycles. The van der Waals surface area contributed by atoms with Gasteiger partial charge in [0.15, 0.2) is 5.13 Å². The van der Waals surface area contributed by atoms with Gasteiger partial charge in [0.05, 0.1) is 24.4 Å². The van der Waals surface area contributed by atoms with E-state index in [1.807, 2.05) is 24.3 Å². The molecule has 3 amide bonds. The van der Waals surface area contributed by atoms with Gasteiger partial charge in [0, 0.05) is 11.6 Å². The van der Waals surface area contributed by atoms with Crippen LogP contribution in [0.5, 0.6) is 11.5 Å². The maximum atomic E-state index is 12.8. The Balaban J connectivity index is 1.58. The molecule has 2 atom stereocenters. The molecule has 0 fully saturated rings.